The quantitative estimate of drug-likeness (QED) is 0.641. The van der Waals surface area contributed by atoms with E-state index in [-0.39, 0.29) is 12.3 Å². The van der Waals surface area contributed by atoms with Crippen LogP contribution in [-0.4, -0.2) is 34.7 Å². The Balaban J connectivity index is 2.84. The van der Waals surface area contributed by atoms with Crippen LogP contribution in [0.5, 0.6) is 0 Å². The number of alkyl halides is 1. The summed E-state index contributed by atoms with van der Waals surface area (Å²) in [4.78, 5) is 10.6. The topological polar surface area (TPSA) is 69.6 Å². The molecule has 100 valence electrons. The summed E-state index contributed by atoms with van der Waals surface area (Å²) in [5, 5.41) is 21.1. The van der Waals surface area contributed by atoms with Crippen LogP contribution in [0, 0.1) is 0 Å². The maximum atomic E-state index is 10.6. The number of hydrogen-bond acceptors (Lipinski definition) is 3. The molecule has 0 amide bonds. The van der Waals surface area contributed by atoms with Crippen molar-refractivity contribution in [2.45, 2.75) is 12.5 Å². The fourth-order valence-electron chi connectivity index (χ4n) is 1.35. The Hall–Kier alpha value is -0.300. The van der Waals surface area contributed by atoms with Crippen LogP contribution in [0.4, 0.5) is 5.69 Å². The standard InChI is InChI=1S/C11H12Br2ClNO3/c12-8-1-6(3-10(17)18)2-9(13)11(8)15-5-7(16)4-14/h1-2,7,15-16H,3-5H2,(H,17,18). The van der Waals surface area contributed by atoms with Crippen molar-refractivity contribution in [2.75, 3.05) is 17.7 Å². The normalized spacial score (nSPS) is 12.2. The van der Waals surface area contributed by atoms with E-state index in [2.05, 4.69) is 37.2 Å². The van der Waals surface area contributed by atoms with Gasteiger partial charge in [-0.05, 0) is 49.6 Å². The van der Waals surface area contributed by atoms with E-state index in [0.29, 0.717) is 12.1 Å². The van der Waals surface area contributed by atoms with Crippen molar-refractivity contribution in [3.05, 3.63) is 26.6 Å². The first-order valence-electron chi connectivity index (χ1n) is 5.11. The molecule has 0 fully saturated rings. The van der Waals surface area contributed by atoms with Gasteiger partial charge in [0.25, 0.3) is 0 Å². The van der Waals surface area contributed by atoms with Gasteiger partial charge in [0.05, 0.1) is 24.1 Å². The van der Waals surface area contributed by atoms with Crippen LogP contribution in [0.3, 0.4) is 0 Å². The van der Waals surface area contributed by atoms with Crippen LogP contribution in [0.1, 0.15) is 5.56 Å². The number of halogens is 3. The lowest BCUT2D eigenvalue weighted by Gasteiger charge is -2.14. The lowest BCUT2D eigenvalue weighted by atomic mass is 10.1. The monoisotopic (exact) mass is 399 g/mol. The molecular weight excluding hydrogens is 389 g/mol. The van der Waals surface area contributed by atoms with Crippen LogP contribution < -0.4 is 5.32 Å². The molecule has 0 saturated heterocycles. The van der Waals surface area contributed by atoms with Gasteiger partial charge in [0.15, 0.2) is 0 Å². The molecule has 7 heteroatoms. The van der Waals surface area contributed by atoms with Gasteiger partial charge in [-0.15, -0.1) is 11.6 Å². The number of hydrogen-bond donors (Lipinski definition) is 3. The summed E-state index contributed by atoms with van der Waals surface area (Å²) < 4.78 is 1.46. The Bertz CT molecular complexity index is 419. The predicted molar refractivity (Wildman–Crippen MR) is 78.4 cm³/mol. The molecule has 0 saturated carbocycles. The Kier molecular flexibility index (Phi) is 6.42. The second kappa shape index (κ2) is 7.33. The van der Waals surface area contributed by atoms with Crippen LogP contribution in [0.15, 0.2) is 21.1 Å². The maximum absolute atomic E-state index is 10.6. The van der Waals surface area contributed by atoms with Gasteiger partial charge in [0.1, 0.15) is 0 Å². The van der Waals surface area contributed by atoms with Gasteiger partial charge < -0.3 is 15.5 Å². The fraction of sp³-hybridized carbons (Fsp3) is 0.364. The minimum absolute atomic E-state index is 0.0399. The first kappa shape index (κ1) is 15.8. The highest BCUT2D eigenvalue weighted by Crippen LogP contribution is 2.32. The molecule has 0 aliphatic rings. The Morgan fingerprint density at radius 3 is 2.39 bits per heavy atom. The number of rotatable bonds is 6. The van der Waals surface area contributed by atoms with Crippen molar-refractivity contribution in [1.29, 1.82) is 0 Å². The number of aliphatic hydroxyl groups excluding tert-OH is 1. The third-order valence-electron chi connectivity index (χ3n) is 2.15. The second-order valence-electron chi connectivity index (χ2n) is 3.69. The van der Waals surface area contributed by atoms with E-state index in [1.807, 2.05) is 0 Å². The minimum Gasteiger partial charge on any atom is -0.481 e. The number of carboxylic acid groups (broad SMARTS) is 1. The SMILES string of the molecule is O=C(O)Cc1cc(Br)c(NCC(O)CCl)c(Br)c1. The van der Waals surface area contributed by atoms with Gasteiger partial charge in [-0.1, -0.05) is 0 Å². The lowest BCUT2D eigenvalue weighted by Crippen LogP contribution is -2.21. The average Bonchev–Trinajstić information content (AvgIpc) is 2.26. The van der Waals surface area contributed by atoms with Crippen LogP contribution in [0.2, 0.25) is 0 Å². The number of benzene rings is 1. The Labute approximate surface area is 127 Å². The highest BCUT2D eigenvalue weighted by Gasteiger charge is 2.11. The number of nitrogens with one attached hydrogen (secondary N) is 1. The average molecular weight is 401 g/mol. The van der Waals surface area contributed by atoms with E-state index >= 15 is 0 Å². The first-order valence-corrected chi connectivity index (χ1v) is 7.23. The zero-order valence-corrected chi connectivity index (χ0v) is 13.2. The van der Waals surface area contributed by atoms with Crippen LogP contribution in [0.25, 0.3) is 0 Å². The molecule has 18 heavy (non-hydrogen) atoms. The van der Waals surface area contributed by atoms with E-state index < -0.39 is 12.1 Å². The highest BCUT2D eigenvalue weighted by atomic mass is 79.9. The largest absolute Gasteiger partial charge is 0.481 e. The number of carboxylic acids is 1. The third kappa shape index (κ3) is 4.76. The second-order valence-corrected chi connectivity index (χ2v) is 5.71. The fourth-order valence-corrected chi connectivity index (χ4v) is 3.02. The number of aliphatic hydroxyl groups is 1. The molecule has 3 N–H and O–H groups in total. The van der Waals surface area contributed by atoms with Gasteiger partial charge in [-0.2, -0.15) is 0 Å². The van der Waals surface area contributed by atoms with Gasteiger partial charge in [0, 0.05) is 15.5 Å². The molecule has 0 heterocycles. The lowest BCUT2D eigenvalue weighted by molar-refractivity contribution is -0.136. The molecular formula is C11H12Br2ClNO3. The molecule has 0 aromatic heterocycles. The van der Waals surface area contributed by atoms with Gasteiger partial charge in [-0.3, -0.25) is 4.79 Å². The molecule has 0 aliphatic heterocycles. The summed E-state index contributed by atoms with van der Waals surface area (Å²) >= 11 is 12.2. The molecule has 1 rings (SSSR count). The zero-order valence-electron chi connectivity index (χ0n) is 9.29. The van der Waals surface area contributed by atoms with Gasteiger partial charge >= 0.3 is 5.97 Å². The molecule has 1 unspecified atom stereocenters. The number of carbonyl (C=O) groups is 1. The Morgan fingerprint density at radius 2 is 1.94 bits per heavy atom. The van der Waals surface area contributed by atoms with Gasteiger partial charge in [-0.25, -0.2) is 0 Å². The summed E-state index contributed by atoms with van der Waals surface area (Å²) in [6, 6.07) is 3.46. The number of anilines is 1. The van der Waals surface area contributed by atoms with E-state index in [9.17, 15) is 9.90 Å². The molecule has 1 aromatic carbocycles. The van der Waals surface area contributed by atoms with Crippen molar-refractivity contribution < 1.29 is 15.0 Å². The number of aliphatic carboxylic acids is 1. The van der Waals surface area contributed by atoms with Crippen LogP contribution >= 0.6 is 43.5 Å². The summed E-state index contributed by atoms with van der Waals surface area (Å²) in [5.41, 5.74) is 1.44. The summed E-state index contributed by atoms with van der Waals surface area (Å²) in [6.07, 6.45) is -0.675. The molecule has 4 nitrogen and oxygen atoms in total. The van der Waals surface area contributed by atoms with Crippen molar-refractivity contribution >= 4 is 55.1 Å². The van der Waals surface area contributed by atoms with E-state index in [1.54, 1.807) is 12.1 Å². The molecule has 1 atom stereocenters. The Morgan fingerprint density at radius 1 is 1.39 bits per heavy atom. The van der Waals surface area contributed by atoms with Crippen LogP contribution in [-0.2, 0) is 11.2 Å². The zero-order chi connectivity index (χ0) is 13.7. The molecule has 0 bridgehead atoms. The first-order chi connectivity index (χ1) is 8.43. The van der Waals surface area contributed by atoms with Crippen molar-refractivity contribution in [3.63, 3.8) is 0 Å². The summed E-state index contributed by atoms with van der Waals surface area (Å²) in [5.74, 6) is -0.730. The van der Waals surface area contributed by atoms with E-state index in [4.69, 9.17) is 16.7 Å². The molecule has 0 radical (unpaired) electrons. The summed E-state index contributed by atoms with van der Waals surface area (Å²) in [7, 11) is 0. The van der Waals surface area contributed by atoms with E-state index in [0.717, 1.165) is 14.6 Å². The van der Waals surface area contributed by atoms with Gasteiger partial charge in [0.2, 0.25) is 0 Å². The highest BCUT2D eigenvalue weighted by molar-refractivity contribution is 9.11. The summed E-state index contributed by atoms with van der Waals surface area (Å²) in [6.45, 7) is 0.318. The predicted octanol–water partition coefficient (Wildman–Crippen LogP) is 2.85. The maximum Gasteiger partial charge on any atom is 0.307 e. The van der Waals surface area contributed by atoms with Crippen molar-refractivity contribution in [3.8, 4) is 0 Å². The smallest absolute Gasteiger partial charge is 0.307 e. The molecule has 0 aliphatic carbocycles. The van der Waals surface area contributed by atoms with Crippen molar-refractivity contribution in [1.82, 2.24) is 0 Å². The third-order valence-corrected chi connectivity index (χ3v) is 3.76. The molecule has 0 spiro atoms. The van der Waals surface area contributed by atoms with E-state index in [1.165, 1.54) is 0 Å². The molecule has 1 aromatic rings. The van der Waals surface area contributed by atoms with Crippen molar-refractivity contribution in [2.24, 2.45) is 0 Å². The minimum atomic E-state index is -0.882.